The number of likely N-dealkylation sites (tertiary alicyclic amines) is 1. The number of halogens is 1. The van der Waals surface area contributed by atoms with E-state index in [2.05, 4.69) is 28.2 Å². The molecule has 2 atom stereocenters. The van der Waals surface area contributed by atoms with Crippen molar-refractivity contribution in [1.29, 1.82) is 0 Å². The summed E-state index contributed by atoms with van der Waals surface area (Å²) in [6, 6.07) is 13.9. The molecule has 0 radical (unpaired) electrons. The van der Waals surface area contributed by atoms with Crippen molar-refractivity contribution in [2.45, 2.75) is 44.1 Å². The quantitative estimate of drug-likeness (QED) is 0.440. The van der Waals surface area contributed by atoms with Gasteiger partial charge in [-0.2, -0.15) is 0 Å². The minimum atomic E-state index is -0.531. The first kappa shape index (κ1) is 22.8. The molecule has 2 aromatic carbocycles. The number of carbonyl (C=O) groups is 1. The zero-order valence-corrected chi connectivity index (χ0v) is 21.2. The van der Waals surface area contributed by atoms with Crippen molar-refractivity contribution in [2.75, 3.05) is 25.2 Å². The predicted molar refractivity (Wildman–Crippen MR) is 137 cm³/mol. The third-order valence-electron chi connectivity index (χ3n) is 7.38. The molecular formula is C27H28ClN3O3S. The first-order valence-corrected chi connectivity index (χ1v) is 13.4. The Morgan fingerprint density at radius 2 is 2.06 bits per heavy atom. The van der Waals surface area contributed by atoms with Crippen LogP contribution in [0.1, 0.15) is 54.7 Å². The molecule has 1 aromatic heterocycles. The van der Waals surface area contributed by atoms with Gasteiger partial charge in [0.1, 0.15) is 0 Å². The van der Waals surface area contributed by atoms with E-state index in [4.69, 9.17) is 21.1 Å². The normalized spacial score (nSPS) is 21.5. The largest absolute Gasteiger partial charge is 0.454 e. The maximum absolute atomic E-state index is 13.4. The molecule has 35 heavy (non-hydrogen) atoms. The van der Waals surface area contributed by atoms with E-state index in [9.17, 15) is 4.79 Å². The summed E-state index contributed by atoms with van der Waals surface area (Å²) in [5.41, 5.74) is 1.52. The molecule has 182 valence electrons. The lowest BCUT2D eigenvalue weighted by molar-refractivity contribution is -0.118. The Labute approximate surface area is 214 Å². The highest BCUT2D eigenvalue weighted by molar-refractivity contribution is 7.15. The molecular weight excluding hydrogens is 482 g/mol. The van der Waals surface area contributed by atoms with Crippen LogP contribution in [0.3, 0.4) is 0 Å². The lowest BCUT2D eigenvalue weighted by Gasteiger charge is -2.37. The molecule has 6 rings (SSSR count). The van der Waals surface area contributed by atoms with Gasteiger partial charge in [0.15, 0.2) is 16.6 Å². The maximum atomic E-state index is 13.4. The van der Waals surface area contributed by atoms with Crippen LogP contribution in [0.5, 0.6) is 11.5 Å². The van der Waals surface area contributed by atoms with Crippen LogP contribution in [0.2, 0.25) is 5.02 Å². The van der Waals surface area contributed by atoms with Crippen LogP contribution >= 0.6 is 22.9 Å². The number of ether oxygens (including phenoxy) is 2. The van der Waals surface area contributed by atoms with Gasteiger partial charge >= 0.3 is 0 Å². The predicted octanol–water partition coefficient (Wildman–Crippen LogP) is 6.02. The lowest BCUT2D eigenvalue weighted by atomic mass is 9.94. The summed E-state index contributed by atoms with van der Waals surface area (Å²) in [6.45, 7) is 4.57. The maximum Gasteiger partial charge on any atom is 0.236 e. The standard InChI is InChI=1S/C27H28ClN3O3S/c1-17-5-4-12-31(15-17)24(19-6-2-3-7-20(19)28)23-14-29-26(35-23)30-25(32)27(10-11-27)18-8-9-21-22(13-18)34-16-33-21/h2-3,6-9,13-14,17,24H,4-5,10-12,15-16H2,1H3,(H,29,30,32). The van der Waals surface area contributed by atoms with Gasteiger partial charge in [-0.25, -0.2) is 4.98 Å². The van der Waals surface area contributed by atoms with Crippen LogP contribution in [-0.4, -0.2) is 35.7 Å². The van der Waals surface area contributed by atoms with Crippen molar-refractivity contribution in [1.82, 2.24) is 9.88 Å². The van der Waals surface area contributed by atoms with Crippen molar-refractivity contribution in [3.8, 4) is 11.5 Å². The van der Waals surface area contributed by atoms with E-state index < -0.39 is 5.41 Å². The molecule has 3 aliphatic rings. The zero-order valence-electron chi connectivity index (χ0n) is 19.6. The Morgan fingerprint density at radius 3 is 2.86 bits per heavy atom. The van der Waals surface area contributed by atoms with Gasteiger partial charge in [-0.1, -0.05) is 54.1 Å². The number of aromatic nitrogens is 1. The topological polar surface area (TPSA) is 63.7 Å². The van der Waals surface area contributed by atoms with Gasteiger partial charge in [0, 0.05) is 22.6 Å². The fourth-order valence-corrected chi connectivity index (χ4v) is 6.55. The third-order valence-corrected chi connectivity index (χ3v) is 8.69. The minimum absolute atomic E-state index is 0.0156. The Hall–Kier alpha value is -2.61. The fraction of sp³-hybridized carbons (Fsp3) is 0.407. The smallest absolute Gasteiger partial charge is 0.236 e. The average molecular weight is 510 g/mol. The molecule has 1 saturated carbocycles. The van der Waals surface area contributed by atoms with Crippen LogP contribution in [-0.2, 0) is 10.2 Å². The van der Waals surface area contributed by atoms with Crippen molar-refractivity contribution in [3.05, 3.63) is 69.7 Å². The molecule has 1 N–H and O–H groups in total. The van der Waals surface area contributed by atoms with E-state index in [1.54, 1.807) is 0 Å². The average Bonchev–Trinajstić information content (AvgIpc) is 3.32. The number of anilines is 1. The van der Waals surface area contributed by atoms with E-state index in [1.165, 1.54) is 24.2 Å². The number of benzene rings is 2. The van der Waals surface area contributed by atoms with E-state index in [0.29, 0.717) is 16.8 Å². The van der Waals surface area contributed by atoms with Gasteiger partial charge in [0.25, 0.3) is 0 Å². The molecule has 3 aromatic rings. The summed E-state index contributed by atoms with van der Waals surface area (Å²) in [5.74, 6) is 2.05. The van der Waals surface area contributed by atoms with E-state index in [0.717, 1.165) is 52.7 Å². The van der Waals surface area contributed by atoms with Crippen molar-refractivity contribution < 1.29 is 14.3 Å². The Kier molecular flexibility index (Phi) is 5.95. The van der Waals surface area contributed by atoms with Crippen LogP contribution in [0.15, 0.2) is 48.7 Å². The second-order valence-electron chi connectivity index (χ2n) is 9.84. The lowest BCUT2D eigenvalue weighted by Crippen LogP contribution is -2.37. The second-order valence-corrected chi connectivity index (χ2v) is 11.3. The van der Waals surface area contributed by atoms with Crippen molar-refractivity contribution in [3.63, 3.8) is 0 Å². The van der Waals surface area contributed by atoms with Crippen LogP contribution in [0.4, 0.5) is 5.13 Å². The van der Waals surface area contributed by atoms with Crippen LogP contribution in [0, 0.1) is 5.92 Å². The third kappa shape index (κ3) is 4.30. The molecule has 1 saturated heterocycles. The highest BCUT2D eigenvalue weighted by Crippen LogP contribution is 2.51. The number of hydrogen-bond acceptors (Lipinski definition) is 6. The van der Waals surface area contributed by atoms with E-state index in [-0.39, 0.29) is 18.7 Å². The first-order chi connectivity index (χ1) is 17.0. The number of thiazole rings is 1. The number of carbonyl (C=O) groups excluding carboxylic acids is 1. The molecule has 3 heterocycles. The SMILES string of the molecule is CC1CCCN(C(c2cnc(NC(=O)C3(c4ccc5c(c4)OCO5)CC3)s2)c2ccccc2Cl)C1. The van der Waals surface area contributed by atoms with Gasteiger partial charge in [-0.3, -0.25) is 9.69 Å². The summed E-state index contributed by atoms with van der Waals surface area (Å²) >= 11 is 8.20. The summed E-state index contributed by atoms with van der Waals surface area (Å²) in [5, 5.41) is 4.49. The second kappa shape index (κ2) is 9.12. The van der Waals surface area contributed by atoms with Crippen molar-refractivity contribution in [2.24, 2.45) is 5.92 Å². The highest BCUT2D eigenvalue weighted by atomic mass is 35.5. The summed E-state index contributed by atoms with van der Waals surface area (Å²) in [6.07, 6.45) is 5.93. The molecule has 8 heteroatoms. The molecule has 2 fully saturated rings. The Bertz CT molecular complexity index is 1260. The zero-order chi connectivity index (χ0) is 24.0. The van der Waals surface area contributed by atoms with Gasteiger partial charge in [0.2, 0.25) is 12.7 Å². The fourth-order valence-electron chi connectivity index (χ4n) is 5.34. The molecule has 1 amide bonds. The van der Waals surface area contributed by atoms with E-state index in [1.807, 2.05) is 42.6 Å². The van der Waals surface area contributed by atoms with E-state index >= 15 is 0 Å². The number of hydrogen-bond donors (Lipinski definition) is 1. The summed E-state index contributed by atoms with van der Waals surface area (Å²) in [7, 11) is 0. The minimum Gasteiger partial charge on any atom is -0.454 e. The van der Waals surface area contributed by atoms with Crippen LogP contribution < -0.4 is 14.8 Å². The molecule has 2 unspecified atom stereocenters. The highest BCUT2D eigenvalue weighted by Gasteiger charge is 2.52. The number of rotatable bonds is 6. The number of nitrogens with one attached hydrogen (secondary N) is 1. The Balaban J connectivity index is 1.25. The monoisotopic (exact) mass is 509 g/mol. The number of piperidine rings is 1. The Morgan fingerprint density at radius 1 is 1.23 bits per heavy atom. The molecule has 1 aliphatic carbocycles. The molecule has 0 spiro atoms. The van der Waals surface area contributed by atoms with Gasteiger partial charge in [-0.05, 0) is 67.5 Å². The molecule has 0 bridgehead atoms. The first-order valence-electron chi connectivity index (χ1n) is 12.2. The number of nitrogens with zero attached hydrogens (tertiary/aromatic N) is 2. The van der Waals surface area contributed by atoms with Gasteiger partial charge < -0.3 is 14.8 Å². The van der Waals surface area contributed by atoms with Gasteiger partial charge in [-0.15, -0.1) is 0 Å². The summed E-state index contributed by atoms with van der Waals surface area (Å²) in [4.78, 5) is 21.6. The molecule has 6 nitrogen and oxygen atoms in total. The molecule has 2 aliphatic heterocycles. The van der Waals surface area contributed by atoms with Crippen LogP contribution in [0.25, 0.3) is 0 Å². The van der Waals surface area contributed by atoms with Crippen molar-refractivity contribution >= 4 is 34.0 Å². The number of amides is 1. The summed E-state index contributed by atoms with van der Waals surface area (Å²) < 4.78 is 11.0. The number of fused-ring (bicyclic) bond motifs is 1. The van der Waals surface area contributed by atoms with Gasteiger partial charge in [0.05, 0.1) is 11.5 Å².